The van der Waals surface area contributed by atoms with Gasteiger partial charge in [-0.05, 0) is 0 Å². The van der Waals surface area contributed by atoms with Crippen LogP contribution < -0.4 is 4.46 Å². The van der Waals surface area contributed by atoms with Gasteiger partial charge in [0.1, 0.15) is 0 Å². The standard InChI is InChI=1S/C7H4NO3SSe/c9-7-5-3-1-2-4-6(5)13-8(7)12(10)11/h1-4H/q+1. The topological polar surface area (TPSA) is 54.2 Å². The summed E-state index contributed by atoms with van der Waals surface area (Å²) in [6, 6.07) is 6.95. The predicted molar refractivity (Wildman–Crippen MR) is 45.3 cm³/mol. The number of fused-ring (bicyclic) bond motifs is 1. The Hall–Kier alpha value is -0.971. The average molecular weight is 261 g/mol. The van der Waals surface area contributed by atoms with Gasteiger partial charge in [-0.15, -0.1) is 0 Å². The third-order valence-corrected chi connectivity index (χ3v) is 5.05. The van der Waals surface area contributed by atoms with E-state index in [0.717, 1.165) is 7.42 Å². The van der Waals surface area contributed by atoms with E-state index in [9.17, 15) is 13.2 Å². The van der Waals surface area contributed by atoms with E-state index in [4.69, 9.17) is 0 Å². The zero-order valence-corrected chi connectivity index (χ0v) is 8.83. The summed E-state index contributed by atoms with van der Waals surface area (Å²) >= 11 is -0.416. The van der Waals surface area contributed by atoms with Crippen molar-refractivity contribution in [1.29, 1.82) is 0 Å². The molecule has 0 spiro atoms. The molecule has 1 aromatic rings. The number of hydrogen-bond donors (Lipinski definition) is 0. The van der Waals surface area contributed by atoms with Crippen LogP contribution in [0.2, 0.25) is 0 Å². The van der Waals surface area contributed by atoms with Crippen LogP contribution in [0.15, 0.2) is 24.3 Å². The van der Waals surface area contributed by atoms with E-state index in [-0.39, 0.29) is 0 Å². The molecular formula is C7H4NO3SSe+. The molecule has 0 saturated heterocycles. The van der Waals surface area contributed by atoms with E-state index >= 15 is 0 Å². The number of carbonyl (C=O) groups excluding carboxylic acids is 1. The summed E-state index contributed by atoms with van der Waals surface area (Å²) in [5.41, 5.74) is 0.506. The van der Waals surface area contributed by atoms with Gasteiger partial charge in [0, 0.05) is 0 Å². The molecule has 1 heterocycles. The molecule has 1 amide bonds. The molecule has 0 bridgehead atoms. The molecule has 0 saturated carbocycles. The van der Waals surface area contributed by atoms with Gasteiger partial charge in [0.05, 0.1) is 0 Å². The van der Waals surface area contributed by atoms with Crippen LogP contribution in [0, 0.1) is 0 Å². The average Bonchev–Trinajstić information content (AvgIpc) is 2.45. The maximum absolute atomic E-state index is 11.4. The third-order valence-electron chi connectivity index (χ3n) is 1.60. The third kappa shape index (κ3) is 1.33. The van der Waals surface area contributed by atoms with Crippen LogP contribution in [0.3, 0.4) is 0 Å². The molecule has 0 aliphatic carbocycles. The summed E-state index contributed by atoms with van der Waals surface area (Å²) in [5, 5.41) is 0. The zero-order valence-electron chi connectivity index (χ0n) is 6.30. The molecule has 0 radical (unpaired) electrons. The monoisotopic (exact) mass is 262 g/mol. The predicted octanol–water partition coefficient (Wildman–Crippen LogP) is -0.840. The first-order chi connectivity index (χ1) is 6.20. The van der Waals surface area contributed by atoms with Gasteiger partial charge >= 0.3 is 82.0 Å². The Morgan fingerprint density at radius 3 is 2.54 bits per heavy atom. The van der Waals surface area contributed by atoms with Gasteiger partial charge in [0.15, 0.2) is 0 Å². The Morgan fingerprint density at radius 2 is 1.92 bits per heavy atom. The Balaban J connectivity index is 2.70. The summed E-state index contributed by atoms with van der Waals surface area (Å²) in [6.45, 7) is 0. The summed E-state index contributed by atoms with van der Waals surface area (Å²) in [6.07, 6.45) is 0. The summed E-state index contributed by atoms with van der Waals surface area (Å²) < 4.78 is 22.9. The van der Waals surface area contributed by atoms with Crippen LogP contribution in [0.1, 0.15) is 10.4 Å². The minimum atomic E-state index is -2.44. The Bertz CT molecular complexity index is 512. The van der Waals surface area contributed by atoms with E-state index in [2.05, 4.69) is 0 Å². The van der Waals surface area contributed by atoms with Crippen LogP contribution in [0.5, 0.6) is 0 Å². The SMILES string of the molecule is O=C1c2ccccc2[Se][N+]1=S(=O)=O. The van der Waals surface area contributed by atoms with E-state index in [1.54, 1.807) is 24.3 Å². The minimum absolute atomic E-state index is 0.413. The molecular weight excluding hydrogens is 257 g/mol. The van der Waals surface area contributed by atoms with Crippen molar-refractivity contribution in [3.05, 3.63) is 29.8 Å². The Labute approximate surface area is 82.2 Å². The molecule has 4 nitrogen and oxygen atoms in total. The second-order valence-electron chi connectivity index (χ2n) is 2.37. The fraction of sp³-hybridized carbons (Fsp3) is 0. The number of carbonyl (C=O) groups is 1. The fourth-order valence-electron chi connectivity index (χ4n) is 1.05. The first-order valence-electron chi connectivity index (χ1n) is 3.41. The Morgan fingerprint density at radius 1 is 1.23 bits per heavy atom. The van der Waals surface area contributed by atoms with Crippen LogP contribution in [-0.2, 0) is 10.5 Å². The molecule has 0 N–H and O–H groups in total. The molecule has 66 valence electrons. The van der Waals surface area contributed by atoms with Gasteiger partial charge in [0.2, 0.25) is 0 Å². The number of amides is 1. The molecule has 0 aromatic heterocycles. The molecule has 6 heteroatoms. The fourth-order valence-corrected chi connectivity index (χ4v) is 3.73. The van der Waals surface area contributed by atoms with Crippen molar-refractivity contribution in [2.24, 2.45) is 0 Å². The van der Waals surface area contributed by atoms with Gasteiger partial charge < -0.3 is 0 Å². The van der Waals surface area contributed by atoms with Crippen molar-refractivity contribution in [3.63, 3.8) is 0 Å². The normalized spacial score (nSPS) is 14.5. The van der Waals surface area contributed by atoms with Gasteiger partial charge in [-0.1, -0.05) is 0 Å². The van der Waals surface area contributed by atoms with Crippen molar-refractivity contribution < 1.29 is 16.2 Å². The molecule has 1 aliphatic rings. The van der Waals surface area contributed by atoms with Crippen molar-refractivity contribution in [2.45, 2.75) is 0 Å². The number of benzene rings is 1. The number of rotatable bonds is 0. The van der Waals surface area contributed by atoms with Gasteiger partial charge in [-0.25, -0.2) is 0 Å². The van der Waals surface area contributed by atoms with Crippen molar-refractivity contribution in [1.82, 2.24) is 0 Å². The first-order valence-corrected chi connectivity index (χ1v) is 6.06. The molecule has 0 fully saturated rings. The molecule has 1 aromatic carbocycles. The van der Waals surface area contributed by atoms with E-state index < -0.39 is 31.6 Å². The first kappa shape index (κ1) is 8.62. The van der Waals surface area contributed by atoms with Crippen molar-refractivity contribution >= 4 is 36.0 Å². The van der Waals surface area contributed by atoms with E-state index in [0.29, 0.717) is 5.56 Å². The van der Waals surface area contributed by atoms with Crippen LogP contribution in [0.4, 0.5) is 0 Å². The summed E-state index contributed by atoms with van der Waals surface area (Å²) in [5.74, 6) is -0.413. The maximum atomic E-state index is 11.4. The quantitative estimate of drug-likeness (QED) is 0.572. The molecule has 1 aliphatic heterocycles. The second kappa shape index (κ2) is 3.06. The number of nitrogens with zero attached hydrogens (tertiary/aromatic N) is 1. The molecule has 0 atom stereocenters. The van der Waals surface area contributed by atoms with Gasteiger partial charge in [-0.3, -0.25) is 0 Å². The van der Waals surface area contributed by atoms with Crippen LogP contribution in [0.25, 0.3) is 0 Å². The van der Waals surface area contributed by atoms with Gasteiger partial charge in [0.25, 0.3) is 0 Å². The molecule has 0 unspecified atom stereocenters. The van der Waals surface area contributed by atoms with E-state index in [1.807, 2.05) is 0 Å². The van der Waals surface area contributed by atoms with Crippen LogP contribution >= 0.6 is 0 Å². The second-order valence-corrected chi connectivity index (χ2v) is 5.76. The summed E-state index contributed by atoms with van der Waals surface area (Å²) in [7, 11) is -2.44. The Kier molecular flexibility index (Phi) is 2.03. The number of hydrogen-bond acceptors (Lipinski definition) is 3. The van der Waals surface area contributed by atoms with Crippen molar-refractivity contribution in [2.75, 3.05) is 0 Å². The van der Waals surface area contributed by atoms with Crippen LogP contribution in [-0.4, -0.2) is 32.5 Å². The molecule has 13 heavy (non-hydrogen) atoms. The van der Waals surface area contributed by atoms with E-state index in [1.165, 1.54) is 0 Å². The molecule has 2 rings (SSSR count). The summed E-state index contributed by atoms with van der Waals surface area (Å²) in [4.78, 5) is 11.4. The van der Waals surface area contributed by atoms with Crippen molar-refractivity contribution in [3.8, 4) is 0 Å². The zero-order chi connectivity index (χ0) is 9.42. The van der Waals surface area contributed by atoms with Gasteiger partial charge in [-0.2, -0.15) is 0 Å².